The van der Waals surface area contributed by atoms with Crippen LogP contribution < -0.4 is 15.4 Å². The maximum absolute atomic E-state index is 12.5. The van der Waals surface area contributed by atoms with E-state index in [2.05, 4.69) is 20.6 Å². The molecule has 8 heteroatoms. The lowest BCUT2D eigenvalue weighted by Gasteiger charge is -2.11. The van der Waals surface area contributed by atoms with Crippen LogP contribution in [0.3, 0.4) is 0 Å². The van der Waals surface area contributed by atoms with E-state index >= 15 is 0 Å². The summed E-state index contributed by atoms with van der Waals surface area (Å²) in [5.41, 5.74) is 1.91. The van der Waals surface area contributed by atoms with E-state index in [0.717, 1.165) is 0 Å². The predicted molar refractivity (Wildman–Crippen MR) is 108 cm³/mol. The number of hydrogen-bond acceptors (Lipinski definition) is 6. The Labute approximate surface area is 166 Å². The molecule has 0 saturated carbocycles. The minimum Gasteiger partial charge on any atom is -0.495 e. The summed E-state index contributed by atoms with van der Waals surface area (Å²) < 4.78 is 5.29. The summed E-state index contributed by atoms with van der Waals surface area (Å²) in [5, 5.41) is 6.33. The number of hydrogen-bond donors (Lipinski definition) is 2. The molecule has 0 radical (unpaired) electrons. The van der Waals surface area contributed by atoms with Crippen molar-refractivity contribution in [3.8, 4) is 5.75 Å². The maximum Gasteiger partial charge on any atom is 0.274 e. The third-order valence-electron chi connectivity index (χ3n) is 3.87. The molecule has 1 heterocycles. The molecule has 0 atom stereocenters. The summed E-state index contributed by atoms with van der Waals surface area (Å²) >= 11 is 6.03. The maximum atomic E-state index is 12.5. The van der Waals surface area contributed by atoms with E-state index in [9.17, 15) is 9.59 Å². The summed E-state index contributed by atoms with van der Waals surface area (Å²) in [5.74, 6) is 0.548. The van der Waals surface area contributed by atoms with Gasteiger partial charge in [-0.1, -0.05) is 11.6 Å². The first-order chi connectivity index (χ1) is 13.5. The molecule has 0 aliphatic rings. The van der Waals surface area contributed by atoms with Gasteiger partial charge in [-0.05, 0) is 49.4 Å². The van der Waals surface area contributed by atoms with Gasteiger partial charge in [-0.2, -0.15) is 0 Å². The number of amides is 1. The van der Waals surface area contributed by atoms with Crippen LogP contribution in [-0.4, -0.2) is 28.8 Å². The summed E-state index contributed by atoms with van der Waals surface area (Å²) in [6, 6.07) is 13.3. The van der Waals surface area contributed by atoms with E-state index in [1.807, 2.05) is 0 Å². The number of carbonyl (C=O) groups excluding carboxylic acids is 2. The van der Waals surface area contributed by atoms with Crippen molar-refractivity contribution in [3.63, 3.8) is 0 Å². The molecule has 142 valence electrons. The van der Waals surface area contributed by atoms with Crippen LogP contribution in [0.15, 0.2) is 54.9 Å². The number of aromatic nitrogens is 2. The van der Waals surface area contributed by atoms with Gasteiger partial charge in [0.15, 0.2) is 5.78 Å². The zero-order chi connectivity index (χ0) is 20.1. The number of ketones is 1. The highest BCUT2D eigenvalue weighted by Gasteiger charge is 2.11. The lowest BCUT2D eigenvalue weighted by molar-refractivity contribution is 0.101. The first-order valence-electron chi connectivity index (χ1n) is 8.31. The van der Waals surface area contributed by atoms with Gasteiger partial charge >= 0.3 is 0 Å². The third kappa shape index (κ3) is 4.63. The average Bonchev–Trinajstić information content (AvgIpc) is 2.69. The second-order valence-electron chi connectivity index (χ2n) is 5.85. The predicted octanol–water partition coefficient (Wildman–Crippen LogP) is 4.34. The van der Waals surface area contributed by atoms with Crippen LogP contribution in [0, 0.1) is 0 Å². The number of benzene rings is 2. The fourth-order valence-corrected chi connectivity index (χ4v) is 2.62. The van der Waals surface area contributed by atoms with Crippen molar-refractivity contribution in [2.75, 3.05) is 17.7 Å². The number of halogens is 1. The summed E-state index contributed by atoms with van der Waals surface area (Å²) in [6.07, 6.45) is 1.28. The van der Waals surface area contributed by atoms with Gasteiger partial charge in [0.1, 0.15) is 23.6 Å². The van der Waals surface area contributed by atoms with Crippen molar-refractivity contribution >= 4 is 40.5 Å². The molecule has 3 aromatic rings. The molecule has 3 rings (SSSR count). The molecular formula is C20H17ClN4O3. The van der Waals surface area contributed by atoms with Crippen molar-refractivity contribution < 1.29 is 14.3 Å². The van der Waals surface area contributed by atoms with Crippen LogP contribution in [0.1, 0.15) is 27.8 Å². The second kappa shape index (κ2) is 8.49. The highest BCUT2D eigenvalue weighted by atomic mass is 35.5. The smallest absolute Gasteiger partial charge is 0.274 e. The first kappa shape index (κ1) is 19.3. The number of nitrogens with zero attached hydrogens (tertiary/aromatic N) is 2. The second-order valence-corrected chi connectivity index (χ2v) is 6.28. The van der Waals surface area contributed by atoms with Gasteiger partial charge in [-0.3, -0.25) is 9.59 Å². The van der Waals surface area contributed by atoms with Crippen molar-refractivity contribution in [1.29, 1.82) is 0 Å². The summed E-state index contributed by atoms with van der Waals surface area (Å²) in [7, 11) is 1.55. The molecule has 0 aliphatic heterocycles. The number of rotatable bonds is 6. The molecule has 1 aromatic heterocycles. The Morgan fingerprint density at radius 2 is 1.79 bits per heavy atom. The minimum atomic E-state index is -0.404. The topological polar surface area (TPSA) is 93.2 Å². The lowest BCUT2D eigenvalue weighted by Crippen LogP contribution is -2.14. The van der Waals surface area contributed by atoms with Crippen molar-refractivity contribution in [2.45, 2.75) is 6.92 Å². The van der Waals surface area contributed by atoms with Gasteiger partial charge in [0.25, 0.3) is 5.91 Å². The fraction of sp³-hybridized carbons (Fsp3) is 0.100. The van der Waals surface area contributed by atoms with E-state index in [4.69, 9.17) is 16.3 Å². The number of carbonyl (C=O) groups is 2. The quantitative estimate of drug-likeness (QED) is 0.602. The number of methoxy groups -OCH3 is 1. The van der Waals surface area contributed by atoms with E-state index in [0.29, 0.717) is 33.5 Å². The molecule has 2 aromatic carbocycles. The Kier molecular flexibility index (Phi) is 5.86. The zero-order valence-electron chi connectivity index (χ0n) is 15.2. The summed E-state index contributed by atoms with van der Waals surface area (Å²) in [4.78, 5) is 31.9. The van der Waals surface area contributed by atoms with Gasteiger partial charge in [0, 0.05) is 22.3 Å². The molecule has 0 spiro atoms. The fourth-order valence-electron chi connectivity index (χ4n) is 2.45. The zero-order valence-corrected chi connectivity index (χ0v) is 15.9. The number of anilines is 3. The standard InChI is InChI=1S/C20H17ClN4O3/c1-12(26)13-3-6-15(7-4-13)24-20(27)17-10-19(23-11-22-17)25-16-9-14(21)5-8-18(16)28-2/h3-11H,1-2H3,(H,24,27)(H,22,23,25). The molecule has 0 fully saturated rings. The van der Waals surface area contributed by atoms with Crippen molar-refractivity contribution in [2.24, 2.45) is 0 Å². The molecule has 7 nitrogen and oxygen atoms in total. The molecule has 0 saturated heterocycles. The van der Waals surface area contributed by atoms with E-state index in [-0.39, 0.29) is 11.5 Å². The van der Waals surface area contributed by atoms with Crippen LogP contribution in [0.25, 0.3) is 0 Å². The third-order valence-corrected chi connectivity index (χ3v) is 4.11. The Morgan fingerprint density at radius 3 is 2.46 bits per heavy atom. The van der Waals surface area contributed by atoms with Crippen LogP contribution in [0.2, 0.25) is 5.02 Å². The minimum absolute atomic E-state index is 0.0409. The van der Waals surface area contributed by atoms with Gasteiger partial charge in [0.2, 0.25) is 0 Å². The van der Waals surface area contributed by atoms with Gasteiger partial charge in [-0.25, -0.2) is 9.97 Å². The normalized spacial score (nSPS) is 10.2. The van der Waals surface area contributed by atoms with E-state index in [1.165, 1.54) is 19.3 Å². The van der Waals surface area contributed by atoms with Gasteiger partial charge in [-0.15, -0.1) is 0 Å². The number of nitrogens with one attached hydrogen (secondary N) is 2. The number of ether oxygens (including phenoxy) is 1. The molecule has 2 N–H and O–H groups in total. The Morgan fingerprint density at radius 1 is 1.04 bits per heavy atom. The Bertz CT molecular complexity index is 1020. The van der Waals surface area contributed by atoms with Gasteiger partial charge < -0.3 is 15.4 Å². The molecular weight excluding hydrogens is 380 g/mol. The lowest BCUT2D eigenvalue weighted by atomic mass is 10.1. The largest absolute Gasteiger partial charge is 0.495 e. The SMILES string of the molecule is COc1ccc(Cl)cc1Nc1cc(C(=O)Nc2ccc(C(C)=O)cc2)ncn1. The van der Waals surface area contributed by atoms with Crippen LogP contribution >= 0.6 is 11.6 Å². The summed E-state index contributed by atoms with van der Waals surface area (Å²) in [6.45, 7) is 1.48. The van der Waals surface area contributed by atoms with Crippen LogP contribution in [0.4, 0.5) is 17.2 Å². The number of Topliss-reactive ketones (excluding diaryl/α,β-unsaturated/α-hetero) is 1. The van der Waals surface area contributed by atoms with Crippen molar-refractivity contribution in [1.82, 2.24) is 9.97 Å². The average molecular weight is 397 g/mol. The highest BCUT2D eigenvalue weighted by molar-refractivity contribution is 6.31. The van der Waals surface area contributed by atoms with Crippen LogP contribution in [-0.2, 0) is 0 Å². The van der Waals surface area contributed by atoms with Crippen molar-refractivity contribution in [3.05, 3.63) is 71.1 Å². The molecule has 28 heavy (non-hydrogen) atoms. The molecule has 0 bridgehead atoms. The molecule has 1 amide bonds. The van der Waals surface area contributed by atoms with Gasteiger partial charge in [0.05, 0.1) is 12.8 Å². The van der Waals surface area contributed by atoms with E-state index < -0.39 is 5.91 Å². The Hall–Kier alpha value is -3.45. The molecule has 0 aliphatic carbocycles. The first-order valence-corrected chi connectivity index (χ1v) is 8.69. The van der Waals surface area contributed by atoms with Crippen LogP contribution in [0.5, 0.6) is 5.75 Å². The van der Waals surface area contributed by atoms with E-state index in [1.54, 1.807) is 49.6 Å². The highest BCUT2D eigenvalue weighted by Crippen LogP contribution is 2.29. The Balaban J connectivity index is 1.76. The monoisotopic (exact) mass is 396 g/mol. The molecule has 0 unspecified atom stereocenters.